The normalized spacial score (nSPS) is 14.8. The van der Waals surface area contributed by atoms with Crippen LogP contribution in [0.3, 0.4) is 0 Å². The second-order valence-electron chi connectivity index (χ2n) is 8.97. The average molecular weight is 465 g/mol. The smallest absolute Gasteiger partial charge is 0.326 e. The molecule has 1 aromatic carbocycles. The van der Waals surface area contributed by atoms with Crippen LogP contribution in [0.25, 0.3) is 0 Å². The standard InChI is InChI=1S/C23H36N4O6/c1-12(2)10-17(24)21(30)27-19(13(3)4)22(31)25-14(5)20(29)26-18(23(32)33)11-15-6-8-16(28)9-7-15/h6-9,12-14,17-19,28H,10-11,24H2,1-5H3,(H,25,31)(H,26,29)(H,27,30)(H,32,33). The molecule has 0 aliphatic rings. The van der Waals surface area contributed by atoms with Gasteiger partial charge < -0.3 is 31.9 Å². The molecule has 0 aliphatic carbocycles. The van der Waals surface area contributed by atoms with Crippen molar-refractivity contribution in [2.24, 2.45) is 17.6 Å². The lowest BCUT2D eigenvalue weighted by Gasteiger charge is -2.26. The molecule has 1 aromatic rings. The van der Waals surface area contributed by atoms with Gasteiger partial charge in [-0.3, -0.25) is 14.4 Å². The number of nitrogens with two attached hydrogens (primary N) is 1. The van der Waals surface area contributed by atoms with Crippen molar-refractivity contribution in [1.82, 2.24) is 16.0 Å². The second-order valence-corrected chi connectivity index (χ2v) is 8.97. The lowest BCUT2D eigenvalue weighted by Crippen LogP contribution is -2.57. The van der Waals surface area contributed by atoms with Crippen molar-refractivity contribution in [1.29, 1.82) is 0 Å². The van der Waals surface area contributed by atoms with E-state index in [9.17, 15) is 29.4 Å². The Labute approximate surface area is 194 Å². The van der Waals surface area contributed by atoms with Crippen LogP contribution < -0.4 is 21.7 Å². The van der Waals surface area contributed by atoms with Gasteiger partial charge in [0.15, 0.2) is 0 Å². The van der Waals surface area contributed by atoms with Crippen LogP contribution in [0.4, 0.5) is 0 Å². The minimum Gasteiger partial charge on any atom is -0.508 e. The highest BCUT2D eigenvalue weighted by Crippen LogP contribution is 2.12. The molecule has 0 saturated heterocycles. The van der Waals surface area contributed by atoms with Gasteiger partial charge in [0.1, 0.15) is 23.9 Å². The van der Waals surface area contributed by atoms with Gasteiger partial charge in [0.05, 0.1) is 6.04 Å². The number of aliphatic carboxylic acids is 1. The lowest BCUT2D eigenvalue weighted by molar-refractivity contribution is -0.142. The Balaban J connectivity index is 2.76. The van der Waals surface area contributed by atoms with E-state index in [0.29, 0.717) is 12.0 Å². The number of phenolic OH excluding ortho intramolecular Hbond substituents is 1. The van der Waals surface area contributed by atoms with E-state index in [1.54, 1.807) is 26.0 Å². The van der Waals surface area contributed by atoms with Crippen molar-refractivity contribution < 1.29 is 29.4 Å². The molecule has 10 nitrogen and oxygen atoms in total. The zero-order chi connectivity index (χ0) is 25.3. The van der Waals surface area contributed by atoms with Gasteiger partial charge in [0, 0.05) is 6.42 Å². The third-order valence-electron chi connectivity index (χ3n) is 5.05. The maximum Gasteiger partial charge on any atom is 0.326 e. The Kier molecular flexibility index (Phi) is 10.8. The zero-order valence-corrected chi connectivity index (χ0v) is 19.8. The largest absolute Gasteiger partial charge is 0.508 e. The molecule has 0 saturated carbocycles. The third-order valence-corrected chi connectivity index (χ3v) is 5.05. The fourth-order valence-corrected chi connectivity index (χ4v) is 3.14. The number of aromatic hydroxyl groups is 1. The number of phenols is 1. The molecule has 0 bridgehead atoms. The van der Waals surface area contributed by atoms with Crippen molar-refractivity contribution in [3.05, 3.63) is 29.8 Å². The average Bonchev–Trinajstić information content (AvgIpc) is 2.71. The van der Waals surface area contributed by atoms with Crippen molar-refractivity contribution in [3.63, 3.8) is 0 Å². The molecule has 0 fully saturated rings. The summed E-state index contributed by atoms with van der Waals surface area (Å²) < 4.78 is 0. The van der Waals surface area contributed by atoms with E-state index in [1.165, 1.54) is 19.1 Å². The third kappa shape index (κ3) is 9.48. The second kappa shape index (κ2) is 12.8. The summed E-state index contributed by atoms with van der Waals surface area (Å²) in [6.07, 6.45) is 0.467. The molecule has 0 aliphatic heterocycles. The Morgan fingerprint density at radius 1 is 0.879 bits per heavy atom. The molecule has 33 heavy (non-hydrogen) atoms. The Morgan fingerprint density at radius 2 is 1.45 bits per heavy atom. The molecular weight excluding hydrogens is 428 g/mol. The van der Waals surface area contributed by atoms with Crippen LogP contribution in [0.2, 0.25) is 0 Å². The van der Waals surface area contributed by atoms with E-state index >= 15 is 0 Å². The molecular formula is C23H36N4O6. The predicted molar refractivity (Wildman–Crippen MR) is 123 cm³/mol. The van der Waals surface area contributed by atoms with Gasteiger partial charge in [0.2, 0.25) is 17.7 Å². The summed E-state index contributed by atoms with van der Waals surface area (Å²) in [6, 6.07) is 2.04. The fraction of sp³-hybridized carbons (Fsp3) is 0.565. The molecule has 0 heterocycles. The summed E-state index contributed by atoms with van der Waals surface area (Å²) in [4.78, 5) is 49.2. The molecule has 10 heteroatoms. The maximum atomic E-state index is 12.7. The Bertz CT molecular complexity index is 825. The van der Waals surface area contributed by atoms with Crippen LogP contribution in [0.15, 0.2) is 24.3 Å². The molecule has 7 N–H and O–H groups in total. The summed E-state index contributed by atoms with van der Waals surface area (Å²) in [5.74, 6) is -2.94. The zero-order valence-electron chi connectivity index (χ0n) is 19.8. The van der Waals surface area contributed by atoms with E-state index in [1.807, 2.05) is 13.8 Å². The van der Waals surface area contributed by atoms with E-state index in [-0.39, 0.29) is 24.0 Å². The van der Waals surface area contributed by atoms with Crippen LogP contribution in [0.5, 0.6) is 5.75 Å². The van der Waals surface area contributed by atoms with Gasteiger partial charge in [-0.05, 0) is 42.9 Å². The molecule has 4 unspecified atom stereocenters. The molecule has 3 amide bonds. The Hall–Kier alpha value is -3.14. The number of nitrogens with one attached hydrogen (secondary N) is 3. The fourth-order valence-electron chi connectivity index (χ4n) is 3.14. The van der Waals surface area contributed by atoms with Crippen molar-refractivity contribution in [3.8, 4) is 5.75 Å². The molecule has 1 rings (SSSR count). The SMILES string of the molecule is CC(C)CC(N)C(=O)NC(C(=O)NC(C)C(=O)NC(Cc1ccc(O)cc1)C(=O)O)C(C)C. The quantitative estimate of drug-likeness (QED) is 0.262. The minimum atomic E-state index is -1.23. The topological polar surface area (TPSA) is 171 Å². The lowest BCUT2D eigenvalue weighted by atomic mass is 10.00. The Morgan fingerprint density at radius 3 is 1.94 bits per heavy atom. The van der Waals surface area contributed by atoms with E-state index < -0.39 is 47.9 Å². The number of hydrogen-bond acceptors (Lipinski definition) is 6. The predicted octanol–water partition coefficient (Wildman–Crippen LogP) is 0.523. The van der Waals surface area contributed by atoms with E-state index in [0.717, 1.165) is 0 Å². The van der Waals surface area contributed by atoms with Crippen molar-refractivity contribution in [2.75, 3.05) is 0 Å². The highest BCUT2D eigenvalue weighted by Gasteiger charge is 2.30. The van der Waals surface area contributed by atoms with Crippen LogP contribution in [-0.4, -0.2) is 58.1 Å². The monoisotopic (exact) mass is 464 g/mol. The van der Waals surface area contributed by atoms with Gasteiger partial charge in [-0.2, -0.15) is 0 Å². The number of carbonyl (C=O) groups is 4. The number of carboxylic acids is 1. The highest BCUT2D eigenvalue weighted by atomic mass is 16.4. The summed E-state index contributed by atoms with van der Waals surface area (Å²) in [5.41, 5.74) is 6.50. The van der Waals surface area contributed by atoms with Crippen LogP contribution in [-0.2, 0) is 25.6 Å². The van der Waals surface area contributed by atoms with E-state index in [2.05, 4.69) is 16.0 Å². The first-order chi connectivity index (χ1) is 15.3. The molecule has 184 valence electrons. The van der Waals surface area contributed by atoms with Crippen LogP contribution in [0.1, 0.15) is 46.6 Å². The summed E-state index contributed by atoms with van der Waals surface area (Å²) in [5, 5.41) is 26.4. The highest BCUT2D eigenvalue weighted by molar-refractivity contribution is 5.94. The summed E-state index contributed by atoms with van der Waals surface area (Å²) in [7, 11) is 0. The minimum absolute atomic E-state index is 0.000432. The first kappa shape index (κ1) is 27.9. The summed E-state index contributed by atoms with van der Waals surface area (Å²) in [6.45, 7) is 8.80. The van der Waals surface area contributed by atoms with Crippen molar-refractivity contribution in [2.45, 2.75) is 71.6 Å². The molecule has 0 spiro atoms. The molecule has 4 atom stereocenters. The molecule has 0 aromatic heterocycles. The number of carboxylic acid groups (broad SMARTS) is 1. The van der Waals surface area contributed by atoms with E-state index in [4.69, 9.17) is 5.73 Å². The maximum absolute atomic E-state index is 12.7. The summed E-state index contributed by atoms with van der Waals surface area (Å²) >= 11 is 0. The van der Waals surface area contributed by atoms with Gasteiger partial charge in [-0.25, -0.2) is 4.79 Å². The number of benzene rings is 1. The number of rotatable bonds is 12. The van der Waals surface area contributed by atoms with Crippen molar-refractivity contribution >= 4 is 23.7 Å². The van der Waals surface area contributed by atoms with Gasteiger partial charge in [0.25, 0.3) is 0 Å². The first-order valence-electron chi connectivity index (χ1n) is 11.0. The number of carbonyl (C=O) groups excluding carboxylic acids is 3. The van der Waals surface area contributed by atoms with Crippen LogP contribution >= 0.6 is 0 Å². The van der Waals surface area contributed by atoms with Gasteiger partial charge in [-0.15, -0.1) is 0 Å². The van der Waals surface area contributed by atoms with Gasteiger partial charge in [-0.1, -0.05) is 39.8 Å². The number of hydrogen-bond donors (Lipinski definition) is 6. The van der Waals surface area contributed by atoms with Crippen LogP contribution in [0, 0.1) is 11.8 Å². The molecule has 0 radical (unpaired) electrons. The number of amides is 3. The first-order valence-corrected chi connectivity index (χ1v) is 11.0. The van der Waals surface area contributed by atoms with Gasteiger partial charge >= 0.3 is 5.97 Å².